The molecule has 0 aliphatic carbocycles. The predicted molar refractivity (Wildman–Crippen MR) is 61.8 cm³/mol. The van der Waals surface area contributed by atoms with Gasteiger partial charge in [0.25, 0.3) is 0 Å². The molecule has 1 heterocycles. The first-order valence-corrected chi connectivity index (χ1v) is 4.82. The van der Waals surface area contributed by atoms with E-state index in [0.717, 1.165) is 5.56 Å². The van der Waals surface area contributed by atoms with E-state index in [1.807, 2.05) is 30.3 Å². The van der Waals surface area contributed by atoms with Crippen molar-refractivity contribution in [2.45, 2.75) is 19.0 Å². The van der Waals surface area contributed by atoms with Gasteiger partial charge >= 0.3 is 0 Å². The predicted octanol–water partition coefficient (Wildman–Crippen LogP) is 0.695. The summed E-state index contributed by atoms with van der Waals surface area (Å²) in [6.45, 7) is 0.326. The van der Waals surface area contributed by atoms with Crippen molar-refractivity contribution in [3.05, 3.63) is 35.9 Å². The highest BCUT2D eigenvalue weighted by atomic mass is 35.5. The van der Waals surface area contributed by atoms with Crippen LogP contribution in [-0.4, -0.2) is 22.8 Å². The van der Waals surface area contributed by atoms with E-state index in [-0.39, 0.29) is 30.6 Å². The third-order valence-corrected chi connectivity index (χ3v) is 2.46. The summed E-state index contributed by atoms with van der Waals surface area (Å²) >= 11 is 0. The number of benzene rings is 1. The highest BCUT2D eigenvalue weighted by molar-refractivity contribution is 6.05. The molecule has 0 unspecified atom stereocenters. The van der Waals surface area contributed by atoms with Gasteiger partial charge in [0.15, 0.2) is 0 Å². The number of carbonyl (C=O) groups excluding carboxylic acids is 2. The van der Waals surface area contributed by atoms with Crippen molar-refractivity contribution in [1.29, 1.82) is 0 Å². The van der Waals surface area contributed by atoms with Gasteiger partial charge in [-0.15, -0.1) is 12.4 Å². The van der Waals surface area contributed by atoms with Crippen LogP contribution in [0.25, 0.3) is 0 Å². The molecule has 4 nitrogen and oxygen atoms in total. The Kier molecular flexibility index (Phi) is 4.04. The summed E-state index contributed by atoms with van der Waals surface area (Å²) in [5, 5.41) is 0. The molecule has 2 amide bonds. The number of hydrogen-bond donors (Lipinski definition) is 1. The standard InChI is InChI=1S/C11H12N2O2.ClH/c12-9-6-10(14)13(11(9)15)7-8-4-2-1-3-5-8;/h1-5,9H,6-7,12H2;1H/t9-;/m1./s1. The van der Waals surface area contributed by atoms with Gasteiger partial charge < -0.3 is 5.73 Å². The van der Waals surface area contributed by atoms with Crippen LogP contribution in [0.15, 0.2) is 30.3 Å². The largest absolute Gasteiger partial charge is 0.319 e. The average molecular weight is 241 g/mol. The molecule has 1 aromatic rings. The Morgan fingerprint density at radius 1 is 1.25 bits per heavy atom. The van der Waals surface area contributed by atoms with Crippen LogP contribution in [-0.2, 0) is 16.1 Å². The van der Waals surface area contributed by atoms with E-state index in [1.54, 1.807) is 0 Å². The lowest BCUT2D eigenvalue weighted by Crippen LogP contribution is -2.34. The van der Waals surface area contributed by atoms with Gasteiger partial charge in [0, 0.05) is 0 Å². The smallest absolute Gasteiger partial charge is 0.246 e. The Labute approximate surface area is 99.8 Å². The zero-order valence-corrected chi connectivity index (χ0v) is 9.44. The molecule has 1 fully saturated rings. The second-order valence-electron chi connectivity index (χ2n) is 3.61. The van der Waals surface area contributed by atoms with Crippen LogP contribution in [0.1, 0.15) is 12.0 Å². The minimum atomic E-state index is -0.652. The lowest BCUT2D eigenvalue weighted by molar-refractivity contribution is -0.139. The number of likely N-dealkylation sites (tertiary alicyclic amines) is 1. The number of carbonyl (C=O) groups is 2. The van der Waals surface area contributed by atoms with Crippen LogP contribution >= 0.6 is 12.4 Å². The van der Waals surface area contributed by atoms with Crippen LogP contribution in [0.2, 0.25) is 0 Å². The Morgan fingerprint density at radius 3 is 2.38 bits per heavy atom. The average Bonchev–Trinajstić information content (AvgIpc) is 2.47. The molecule has 2 N–H and O–H groups in total. The normalized spacial score (nSPS) is 19.8. The van der Waals surface area contributed by atoms with E-state index in [4.69, 9.17) is 5.73 Å². The number of nitrogens with zero attached hydrogens (tertiary/aromatic N) is 1. The topological polar surface area (TPSA) is 63.4 Å². The monoisotopic (exact) mass is 240 g/mol. The molecule has 1 aliphatic rings. The maximum atomic E-state index is 11.5. The molecular formula is C11H13ClN2O2. The lowest BCUT2D eigenvalue weighted by atomic mass is 10.2. The van der Waals surface area contributed by atoms with Crippen molar-refractivity contribution in [1.82, 2.24) is 4.90 Å². The van der Waals surface area contributed by atoms with Gasteiger partial charge in [-0.3, -0.25) is 14.5 Å². The fourth-order valence-electron chi connectivity index (χ4n) is 1.64. The van der Waals surface area contributed by atoms with E-state index < -0.39 is 6.04 Å². The summed E-state index contributed by atoms with van der Waals surface area (Å²) in [7, 11) is 0. The van der Waals surface area contributed by atoms with Crippen molar-refractivity contribution in [3.8, 4) is 0 Å². The molecule has 16 heavy (non-hydrogen) atoms. The summed E-state index contributed by atoms with van der Waals surface area (Å²) in [6, 6.07) is 8.75. The van der Waals surface area contributed by atoms with E-state index in [2.05, 4.69) is 0 Å². The first-order valence-electron chi connectivity index (χ1n) is 4.82. The molecule has 0 spiro atoms. The molecular weight excluding hydrogens is 228 g/mol. The highest BCUT2D eigenvalue weighted by Gasteiger charge is 2.35. The van der Waals surface area contributed by atoms with Gasteiger partial charge in [0.1, 0.15) is 0 Å². The van der Waals surface area contributed by atoms with Gasteiger partial charge in [0.05, 0.1) is 19.0 Å². The van der Waals surface area contributed by atoms with Crippen molar-refractivity contribution < 1.29 is 9.59 Å². The first kappa shape index (κ1) is 12.7. The van der Waals surface area contributed by atoms with Crippen LogP contribution in [0, 0.1) is 0 Å². The van der Waals surface area contributed by atoms with E-state index in [9.17, 15) is 9.59 Å². The number of amides is 2. The first-order chi connectivity index (χ1) is 7.18. The number of nitrogens with two attached hydrogens (primary N) is 1. The molecule has 1 aromatic carbocycles. The SMILES string of the molecule is Cl.N[C@@H]1CC(=O)N(Cc2ccccc2)C1=O. The Morgan fingerprint density at radius 2 is 1.88 bits per heavy atom. The summed E-state index contributed by atoms with van der Waals surface area (Å²) in [5.41, 5.74) is 6.44. The Hall–Kier alpha value is -1.39. The fraction of sp³-hybridized carbons (Fsp3) is 0.273. The quantitative estimate of drug-likeness (QED) is 0.774. The second-order valence-corrected chi connectivity index (χ2v) is 3.61. The Bertz CT molecular complexity index is 394. The van der Waals surface area contributed by atoms with Gasteiger partial charge in [-0.1, -0.05) is 30.3 Å². The summed E-state index contributed by atoms with van der Waals surface area (Å²) in [6.07, 6.45) is 0.131. The third-order valence-electron chi connectivity index (χ3n) is 2.46. The van der Waals surface area contributed by atoms with Gasteiger partial charge in [-0.2, -0.15) is 0 Å². The second kappa shape index (κ2) is 5.09. The number of rotatable bonds is 2. The van der Waals surface area contributed by atoms with Crippen LogP contribution in [0.5, 0.6) is 0 Å². The zero-order chi connectivity index (χ0) is 10.8. The molecule has 1 saturated heterocycles. The molecule has 5 heteroatoms. The minimum Gasteiger partial charge on any atom is -0.319 e. The summed E-state index contributed by atoms with van der Waals surface area (Å²) < 4.78 is 0. The van der Waals surface area contributed by atoms with E-state index in [1.165, 1.54) is 4.90 Å². The maximum absolute atomic E-state index is 11.5. The molecule has 0 bridgehead atoms. The van der Waals surface area contributed by atoms with Gasteiger partial charge in [-0.05, 0) is 5.56 Å². The van der Waals surface area contributed by atoms with Crippen LogP contribution in [0.4, 0.5) is 0 Å². The lowest BCUT2D eigenvalue weighted by Gasteiger charge is -2.13. The fourth-order valence-corrected chi connectivity index (χ4v) is 1.64. The van der Waals surface area contributed by atoms with Crippen molar-refractivity contribution in [2.24, 2.45) is 5.73 Å². The van der Waals surface area contributed by atoms with E-state index >= 15 is 0 Å². The molecule has 86 valence electrons. The number of halogens is 1. The summed E-state index contributed by atoms with van der Waals surface area (Å²) in [5.74, 6) is -0.458. The Balaban J connectivity index is 0.00000128. The molecule has 1 aliphatic heterocycles. The molecule has 0 aromatic heterocycles. The van der Waals surface area contributed by atoms with Crippen LogP contribution < -0.4 is 5.73 Å². The molecule has 0 radical (unpaired) electrons. The van der Waals surface area contributed by atoms with Crippen molar-refractivity contribution in [3.63, 3.8) is 0 Å². The van der Waals surface area contributed by atoms with Gasteiger partial charge in [-0.25, -0.2) is 0 Å². The molecule has 1 atom stereocenters. The van der Waals surface area contributed by atoms with Crippen molar-refractivity contribution in [2.75, 3.05) is 0 Å². The molecule has 0 saturated carbocycles. The van der Waals surface area contributed by atoms with Crippen molar-refractivity contribution >= 4 is 24.2 Å². The summed E-state index contributed by atoms with van der Waals surface area (Å²) in [4.78, 5) is 24.1. The van der Waals surface area contributed by atoms with E-state index in [0.29, 0.717) is 6.54 Å². The molecule has 2 rings (SSSR count). The van der Waals surface area contributed by atoms with Crippen LogP contribution in [0.3, 0.4) is 0 Å². The maximum Gasteiger partial charge on any atom is 0.246 e. The number of hydrogen-bond acceptors (Lipinski definition) is 3. The third kappa shape index (κ3) is 2.40. The zero-order valence-electron chi connectivity index (χ0n) is 8.63. The van der Waals surface area contributed by atoms with Gasteiger partial charge in [0.2, 0.25) is 11.8 Å². The number of imide groups is 1. The highest BCUT2D eigenvalue weighted by Crippen LogP contribution is 2.14. The minimum absolute atomic E-state index is 0.